The first-order chi connectivity index (χ1) is 6.99. The fourth-order valence-corrected chi connectivity index (χ4v) is 1.70. The predicted octanol–water partition coefficient (Wildman–Crippen LogP) is 3.57. The van der Waals surface area contributed by atoms with Crippen molar-refractivity contribution in [1.29, 1.82) is 0 Å². The lowest BCUT2D eigenvalue weighted by Crippen LogP contribution is -1.94. The Morgan fingerprint density at radius 2 is 2.13 bits per heavy atom. The van der Waals surface area contributed by atoms with Gasteiger partial charge >= 0.3 is 5.97 Å². The van der Waals surface area contributed by atoms with E-state index in [0.717, 1.165) is 11.1 Å². The largest absolute Gasteiger partial charge is 0.478 e. The Morgan fingerprint density at radius 1 is 1.47 bits per heavy atom. The van der Waals surface area contributed by atoms with E-state index in [1.807, 2.05) is 0 Å². The van der Waals surface area contributed by atoms with Gasteiger partial charge in [-0.05, 0) is 31.0 Å². The van der Waals surface area contributed by atoms with Crippen LogP contribution in [0.15, 0.2) is 29.8 Å². The van der Waals surface area contributed by atoms with Gasteiger partial charge in [0, 0.05) is 16.1 Å². The molecule has 15 heavy (non-hydrogen) atoms. The van der Waals surface area contributed by atoms with Crippen molar-refractivity contribution in [3.63, 3.8) is 0 Å². The molecule has 1 N–H and O–H groups in total. The molecule has 4 heteroatoms. The van der Waals surface area contributed by atoms with Crippen LogP contribution in [0.1, 0.15) is 12.5 Å². The number of carboxylic acids is 1. The first-order valence-electron chi connectivity index (χ1n) is 4.33. The minimum Gasteiger partial charge on any atom is -0.478 e. The lowest BCUT2D eigenvalue weighted by molar-refractivity contribution is -0.131. The van der Waals surface area contributed by atoms with Crippen LogP contribution in [0.4, 0.5) is 0 Å². The van der Waals surface area contributed by atoms with Crippen molar-refractivity contribution in [3.8, 4) is 0 Å². The van der Waals surface area contributed by atoms with E-state index in [9.17, 15) is 4.79 Å². The van der Waals surface area contributed by atoms with Crippen molar-refractivity contribution >= 4 is 29.2 Å². The topological polar surface area (TPSA) is 37.3 Å². The zero-order chi connectivity index (χ0) is 11.4. The van der Waals surface area contributed by atoms with Gasteiger partial charge in [0.1, 0.15) is 0 Å². The summed E-state index contributed by atoms with van der Waals surface area (Å²) in [6.07, 6.45) is 1.69. The number of hydrogen-bond acceptors (Lipinski definition) is 1. The highest BCUT2D eigenvalue weighted by Crippen LogP contribution is 2.23. The van der Waals surface area contributed by atoms with Gasteiger partial charge in [-0.3, -0.25) is 0 Å². The van der Waals surface area contributed by atoms with Crippen LogP contribution >= 0.6 is 23.2 Å². The first-order valence-corrected chi connectivity index (χ1v) is 5.08. The third-order valence-corrected chi connectivity index (χ3v) is 2.44. The molecule has 1 aromatic carbocycles. The number of carboxylic acid groups (broad SMARTS) is 1. The SMILES string of the molecule is C/C(=C\C(=O)O)Cc1ccc(Cl)cc1Cl. The molecule has 0 aliphatic rings. The van der Waals surface area contributed by atoms with E-state index in [4.69, 9.17) is 28.3 Å². The molecule has 0 aliphatic carbocycles. The third kappa shape index (κ3) is 3.94. The minimum absolute atomic E-state index is 0.516. The molecular formula is C11H10Cl2O2. The van der Waals surface area contributed by atoms with Crippen LogP contribution < -0.4 is 0 Å². The second-order valence-corrected chi connectivity index (χ2v) is 4.09. The second-order valence-electron chi connectivity index (χ2n) is 3.24. The molecule has 0 spiro atoms. The molecule has 0 fully saturated rings. The van der Waals surface area contributed by atoms with Crippen molar-refractivity contribution in [1.82, 2.24) is 0 Å². The van der Waals surface area contributed by atoms with Crippen molar-refractivity contribution in [2.45, 2.75) is 13.3 Å². The minimum atomic E-state index is -0.947. The zero-order valence-corrected chi connectivity index (χ0v) is 9.64. The van der Waals surface area contributed by atoms with E-state index in [0.29, 0.717) is 16.5 Å². The lowest BCUT2D eigenvalue weighted by Gasteiger charge is -2.04. The molecule has 0 aromatic heterocycles. The van der Waals surface area contributed by atoms with Crippen LogP contribution in [0.25, 0.3) is 0 Å². The molecule has 0 heterocycles. The molecule has 2 nitrogen and oxygen atoms in total. The number of rotatable bonds is 3. The molecule has 0 radical (unpaired) electrons. The average molecular weight is 245 g/mol. The van der Waals surface area contributed by atoms with Crippen LogP contribution in [0.5, 0.6) is 0 Å². The Labute approximate surface area is 98.1 Å². The molecule has 0 saturated heterocycles. The maximum atomic E-state index is 10.4. The standard InChI is InChI=1S/C11H10Cl2O2/c1-7(5-11(14)15)4-8-2-3-9(12)6-10(8)13/h2-3,5-6H,4H2,1H3,(H,14,15)/b7-5+. The van der Waals surface area contributed by atoms with Gasteiger partial charge in [0.25, 0.3) is 0 Å². The number of benzene rings is 1. The van der Waals surface area contributed by atoms with E-state index in [1.54, 1.807) is 25.1 Å². The fourth-order valence-electron chi connectivity index (χ4n) is 1.23. The van der Waals surface area contributed by atoms with Crippen molar-refractivity contribution in [3.05, 3.63) is 45.5 Å². The van der Waals surface area contributed by atoms with E-state index in [2.05, 4.69) is 0 Å². The van der Waals surface area contributed by atoms with Crippen molar-refractivity contribution in [2.75, 3.05) is 0 Å². The van der Waals surface area contributed by atoms with Gasteiger partial charge in [-0.15, -0.1) is 0 Å². The highest BCUT2D eigenvalue weighted by Gasteiger charge is 2.03. The Hall–Kier alpha value is -0.990. The molecule has 80 valence electrons. The Kier molecular flexibility index (Phi) is 4.18. The van der Waals surface area contributed by atoms with Crippen molar-refractivity contribution < 1.29 is 9.90 Å². The maximum Gasteiger partial charge on any atom is 0.328 e. The van der Waals surface area contributed by atoms with Crippen LogP contribution in [0.3, 0.4) is 0 Å². The van der Waals surface area contributed by atoms with Crippen molar-refractivity contribution in [2.24, 2.45) is 0 Å². The number of allylic oxidation sites excluding steroid dienone is 1. The van der Waals surface area contributed by atoms with E-state index in [-0.39, 0.29) is 0 Å². The Morgan fingerprint density at radius 3 is 2.67 bits per heavy atom. The van der Waals surface area contributed by atoms with Crippen LogP contribution in [-0.2, 0) is 11.2 Å². The van der Waals surface area contributed by atoms with Gasteiger partial charge in [-0.2, -0.15) is 0 Å². The molecule has 1 aromatic rings. The van der Waals surface area contributed by atoms with Crippen LogP contribution in [0, 0.1) is 0 Å². The summed E-state index contributed by atoms with van der Waals surface area (Å²) in [6, 6.07) is 5.17. The number of hydrogen-bond donors (Lipinski definition) is 1. The summed E-state index contributed by atoms with van der Waals surface area (Å²) < 4.78 is 0. The van der Waals surface area contributed by atoms with Gasteiger partial charge in [0.05, 0.1) is 0 Å². The Bertz CT molecular complexity index is 411. The molecule has 0 atom stereocenters. The number of aliphatic carboxylic acids is 1. The fraction of sp³-hybridized carbons (Fsp3) is 0.182. The molecule has 0 bridgehead atoms. The summed E-state index contributed by atoms with van der Waals surface area (Å²) in [7, 11) is 0. The summed E-state index contributed by atoms with van der Waals surface area (Å²) in [5.74, 6) is -0.947. The summed E-state index contributed by atoms with van der Waals surface area (Å²) >= 11 is 11.7. The quantitative estimate of drug-likeness (QED) is 0.826. The van der Waals surface area contributed by atoms with Gasteiger partial charge in [-0.25, -0.2) is 4.79 Å². The molecule has 0 aliphatic heterocycles. The smallest absolute Gasteiger partial charge is 0.328 e. The lowest BCUT2D eigenvalue weighted by atomic mass is 10.1. The van der Waals surface area contributed by atoms with Crippen LogP contribution in [0.2, 0.25) is 10.0 Å². The van der Waals surface area contributed by atoms with E-state index in [1.165, 1.54) is 6.08 Å². The first kappa shape index (κ1) is 12.1. The second kappa shape index (κ2) is 5.19. The number of halogens is 2. The highest BCUT2D eigenvalue weighted by atomic mass is 35.5. The summed E-state index contributed by atoms with van der Waals surface area (Å²) in [4.78, 5) is 10.4. The normalized spacial score (nSPS) is 11.5. The van der Waals surface area contributed by atoms with E-state index < -0.39 is 5.97 Å². The zero-order valence-electron chi connectivity index (χ0n) is 8.13. The average Bonchev–Trinajstić information content (AvgIpc) is 2.08. The summed E-state index contributed by atoms with van der Waals surface area (Å²) in [5.41, 5.74) is 1.61. The predicted molar refractivity (Wildman–Crippen MR) is 61.6 cm³/mol. The van der Waals surface area contributed by atoms with Gasteiger partial charge in [-0.1, -0.05) is 34.8 Å². The molecule has 0 unspecified atom stereocenters. The molecule has 0 saturated carbocycles. The van der Waals surface area contributed by atoms with E-state index >= 15 is 0 Å². The van der Waals surface area contributed by atoms with Crippen LogP contribution in [-0.4, -0.2) is 11.1 Å². The third-order valence-electron chi connectivity index (χ3n) is 1.85. The monoisotopic (exact) mass is 244 g/mol. The summed E-state index contributed by atoms with van der Waals surface area (Å²) in [6.45, 7) is 1.75. The molecule has 0 amide bonds. The van der Waals surface area contributed by atoms with Gasteiger partial charge < -0.3 is 5.11 Å². The molecule has 1 rings (SSSR count). The number of carbonyl (C=O) groups is 1. The van der Waals surface area contributed by atoms with Gasteiger partial charge in [0.2, 0.25) is 0 Å². The highest BCUT2D eigenvalue weighted by molar-refractivity contribution is 6.35. The van der Waals surface area contributed by atoms with Gasteiger partial charge in [0.15, 0.2) is 0 Å². The maximum absolute atomic E-state index is 10.4. The summed E-state index contributed by atoms with van der Waals surface area (Å²) in [5, 5.41) is 9.67. The Balaban J connectivity index is 2.86. The molecular weight excluding hydrogens is 235 g/mol.